The van der Waals surface area contributed by atoms with Crippen LogP contribution in [0.2, 0.25) is 0 Å². The van der Waals surface area contributed by atoms with Crippen LogP contribution in [0.3, 0.4) is 0 Å². The topological polar surface area (TPSA) is 106 Å². The SMILES string of the molecule is Brc1cc2c(cc1/C=N/Nc1nc(N3CCOCC3)nc(N3CCOCC3)n1)OCO2. The summed E-state index contributed by atoms with van der Waals surface area (Å²) in [4.78, 5) is 18.0. The van der Waals surface area contributed by atoms with Crippen LogP contribution in [-0.4, -0.2) is 80.6 Å². The van der Waals surface area contributed by atoms with Crippen LogP contribution in [0.1, 0.15) is 5.56 Å². The second kappa shape index (κ2) is 9.20. The molecule has 0 amide bonds. The lowest BCUT2D eigenvalue weighted by Crippen LogP contribution is -2.40. The number of ether oxygens (including phenoxy) is 4. The number of nitrogens with one attached hydrogen (secondary N) is 1. The van der Waals surface area contributed by atoms with Crippen molar-refractivity contribution in [2.75, 3.05) is 74.6 Å². The minimum atomic E-state index is 0.222. The van der Waals surface area contributed by atoms with Crippen LogP contribution in [0.4, 0.5) is 17.8 Å². The molecule has 12 heteroatoms. The van der Waals surface area contributed by atoms with Gasteiger partial charge in [0.05, 0.1) is 32.6 Å². The highest BCUT2D eigenvalue weighted by Crippen LogP contribution is 2.36. The molecule has 2 aromatic rings. The number of anilines is 3. The van der Waals surface area contributed by atoms with Crippen molar-refractivity contribution in [1.82, 2.24) is 15.0 Å². The molecule has 0 unspecified atom stereocenters. The zero-order valence-electron chi connectivity index (χ0n) is 16.8. The number of hydrazone groups is 1. The Labute approximate surface area is 187 Å². The van der Waals surface area contributed by atoms with Crippen LogP contribution < -0.4 is 24.7 Å². The van der Waals surface area contributed by atoms with Crippen molar-refractivity contribution in [3.05, 3.63) is 22.2 Å². The Bertz CT molecular complexity index is 928. The van der Waals surface area contributed by atoms with Crippen molar-refractivity contribution in [3.8, 4) is 11.5 Å². The van der Waals surface area contributed by atoms with Gasteiger partial charge in [-0.05, 0) is 28.1 Å². The largest absolute Gasteiger partial charge is 0.454 e. The van der Waals surface area contributed by atoms with Gasteiger partial charge >= 0.3 is 0 Å². The molecule has 0 spiro atoms. The van der Waals surface area contributed by atoms with E-state index in [1.54, 1.807) is 6.21 Å². The number of rotatable bonds is 5. The third kappa shape index (κ3) is 4.65. The van der Waals surface area contributed by atoms with Crippen molar-refractivity contribution in [1.29, 1.82) is 0 Å². The van der Waals surface area contributed by atoms with Crippen LogP contribution in [0.5, 0.6) is 11.5 Å². The van der Waals surface area contributed by atoms with Crippen molar-refractivity contribution in [2.24, 2.45) is 5.10 Å². The minimum absolute atomic E-state index is 0.222. The standard InChI is InChI=1S/C19H22BrN7O4/c20-14-10-16-15(30-12-31-16)9-13(14)11-21-25-17-22-18(26-1-5-28-6-2-26)24-19(23-17)27-3-7-29-8-4-27/h9-11H,1-8,12H2,(H,22,23,24,25)/b21-11+. The second-order valence-electron chi connectivity index (χ2n) is 7.05. The molecule has 2 fully saturated rings. The molecule has 1 N–H and O–H groups in total. The Kier molecular flexibility index (Phi) is 6.00. The average Bonchev–Trinajstić information content (AvgIpc) is 3.27. The fourth-order valence-corrected chi connectivity index (χ4v) is 3.83. The lowest BCUT2D eigenvalue weighted by atomic mass is 10.2. The minimum Gasteiger partial charge on any atom is -0.454 e. The van der Waals surface area contributed by atoms with Gasteiger partial charge in [0.1, 0.15) is 0 Å². The zero-order chi connectivity index (χ0) is 21.0. The predicted molar refractivity (Wildman–Crippen MR) is 117 cm³/mol. The van der Waals surface area contributed by atoms with E-state index in [2.05, 4.69) is 51.2 Å². The molecule has 31 heavy (non-hydrogen) atoms. The van der Waals surface area contributed by atoms with Gasteiger partial charge in [-0.2, -0.15) is 20.1 Å². The molecule has 1 aromatic carbocycles. The number of halogens is 1. The van der Waals surface area contributed by atoms with Crippen LogP contribution in [0.25, 0.3) is 0 Å². The highest BCUT2D eigenvalue weighted by molar-refractivity contribution is 9.10. The Morgan fingerprint density at radius 3 is 2.06 bits per heavy atom. The Hall–Kier alpha value is -2.70. The predicted octanol–water partition coefficient (Wildman–Crippen LogP) is 1.48. The van der Waals surface area contributed by atoms with E-state index in [1.807, 2.05) is 12.1 Å². The molecule has 0 aliphatic carbocycles. The molecule has 3 aliphatic heterocycles. The Balaban J connectivity index is 1.37. The molecule has 4 heterocycles. The number of hydrogen-bond donors (Lipinski definition) is 1. The third-order valence-electron chi connectivity index (χ3n) is 5.06. The number of fused-ring (bicyclic) bond motifs is 1. The van der Waals surface area contributed by atoms with Crippen molar-refractivity contribution in [3.63, 3.8) is 0 Å². The fraction of sp³-hybridized carbons (Fsp3) is 0.474. The molecule has 1 aromatic heterocycles. The summed E-state index contributed by atoms with van der Waals surface area (Å²) in [6.45, 7) is 5.77. The summed E-state index contributed by atoms with van der Waals surface area (Å²) < 4.78 is 22.6. The van der Waals surface area contributed by atoms with Gasteiger partial charge in [-0.3, -0.25) is 0 Å². The number of hydrogen-bond acceptors (Lipinski definition) is 11. The number of morpholine rings is 2. The lowest BCUT2D eigenvalue weighted by molar-refractivity contribution is 0.121. The normalized spacial score (nSPS) is 18.6. The molecule has 0 radical (unpaired) electrons. The summed E-state index contributed by atoms with van der Waals surface area (Å²) >= 11 is 3.53. The van der Waals surface area contributed by atoms with Crippen molar-refractivity contribution in [2.45, 2.75) is 0 Å². The van der Waals surface area contributed by atoms with E-state index < -0.39 is 0 Å². The molecule has 2 saturated heterocycles. The monoisotopic (exact) mass is 491 g/mol. The van der Waals surface area contributed by atoms with E-state index in [1.165, 1.54) is 0 Å². The lowest BCUT2D eigenvalue weighted by Gasteiger charge is -2.30. The Morgan fingerprint density at radius 1 is 0.871 bits per heavy atom. The maximum Gasteiger partial charge on any atom is 0.250 e. The van der Waals surface area contributed by atoms with E-state index in [0.717, 1.165) is 36.2 Å². The molecule has 3 aliphatic rings. The average molecular weight is 492 g/mol. The van der Waals surface area contributed by atoms with Gasteiger partial charge in [0.25, 0.3) is 0 Å². The first kappa shape index (κ1) is 20.2. The fourth-order valence-electron chi connectivity index (χ4n) is 3.40. The van der Waals surface area contributed by atoms with E-state index >= 15 is 0 Å². The summed E-state index contributed by atoms with van der Waals surface area (Å²) in [5.41, 5.74) is 3.79. The Morgan fingerprint density at radius 2 is 1.45 bits per heavy atom. The summed E-state index contributed by atoms with van der Waals surface area (Å²) in [6.07, 6.45) is 1.68. The van der Waals surface area contributed by atoms with Gasteiger partial charge in [-0.25, -0.2) is 5.43 Å². The quantitative estimate of drug-likeness (QED) is 0.488. The summed E-state index contributed by atoms with van der Waals surface area (Å²) in [5.74, 6) is 3.00. The third-order valence-corrected chi connectivity index (χ3v) is 5.75. The number of benzene rings is 1. The van der Waals surface area contributed by atoms with Crippen LogP contribution in [-0.2, 0) is 9.47 Å². The molecule has 5 rings (SSSR count). The molecule has 164 valence electrons. The van der Waals surface area contributed by atoms with Gasteiger partial charge in [0.2, 0.25) is 24.6 Å². The molecule has 11 nitrogen and oxygen atoms in total. The summed E-state index contributed by atoms with van der Waals surface area (Å²) in [7, 11) is 0. The summed E-state index contributed by atoms with van der Waals surface area (Å²) in [6, 6.07) is 3.73. The van der Waals surface area contributed by atoms with E-state index in [0.29, 0.717) is 55.8 Å². The molecular formula is C19H22BrN7O4. The number of aromatic nitrogens is 3. The van der Waals surface area contributed by atoms with E-state index in [-0.39, 0.29) is 6.79 Å². The highest BCUT2D eigenvalue weighted by Gasteiger charge is 2.21. The van der Waals surface area contributed by atoms with E-state index in [4.69, 9.17) is 18.9 Å². The first-order valence-corrected chi connectivity index (χ1v) is 10.9. The smallest absolute Gasteiger partial charge is 0.250 e. The molecule has 0 atom stereocenters. The van der Waals surface area contributed by atoms with Gasteiger partial charge in [-0.1, -0.05) is 0 Å². The van der Waals surface area contributed by atoms with Gasteiger partial charge in [0, 0.05) is 36.2 Å². The van der Waals surface area contributed by atoms with E-state index in [9.17, 15) is 0 Å². The molecule has 0 bridgehead atoms. The maximum absolute atomic E-state index is 5.45. The zero-order valence-corrected chi connectivity index (χ0v) is 18.4. The first-order chi connectivity index (χ1) is 15.3. The van der Waals surface area contributed by atoms with Gasteiger partial charge < -0.3 is 28.7 Å². The second-order valence-corrected chi connectivity index (χ2v) is 7.91. The van der Waals surface area contributed by atoms with Crippen LogP contribution in [0, 0.1) is 0 Å². The van der Waals surface area contributed by atoms with Crippen LogP contribution in [0.15, 0.2) is 21.7 Å². The maximum atomic E-state index is 5.45. The number of nitrogens with zero attached hydrogens (tertiary/aromatic N) is 6. The van der Waals surface area contributed by atoms with Gasteiger partial charge in [-0.15, -0.1) is 0 Å². The highest BCUT2D eigenvalue weighted by atomic mass is 79.9. The molecule has 0 saturated carbocycles. The molecular weight excluding hydrogens is 470 g/mol. The van der Waals surface area contributed by atoms with Crippen LogP contribution >= 0.6 is 15.9 Å². The van der Waals surface area contributed by atoms with Crippen molar-refractivity contribution >= 4 is 40.0 Å². The first-order valence-electron chi connectivity index (χ1n) is 10.1. The van der Waals surface area contributed by atoms with Gasteiger partial charge in [0.15, 0.2) is 11.5 Å². The van der Waals surface area contributed by atoms with Crippen molar-refractivity contribution < 1.29 is 18.9 Å². The summed E-state index contributed by atoms with van der Waals surface area (Å²) in [5, 5.41) is 4.33.